The molecule has 2 heterocycles. The van der Waals surface area contributed by atoms with Crippen molar-refractivity contribution in [1.29, 1.82) is 0 Å². The fraction of sp³-hybridized carbons (Fsp3) is 0.250. The van der Waals surface area contributed by atoms with Gasteiger partial charge in [0, 0.05) is 12.3 Å². The number of ether oxygens (including phenoxy) is 1. The van der Waals surface area contributed by atoms with Gasteiger partial charge in [0.15, 0.2) is 5.16 Å². The number of benzene rings is 1. The first-order valence-corrected chi connectivity index (χ1v) is 8.85. The molecule has 3 aromatic rings. The predicted molar refractivity (Wildman–Crippen MR) is 93.6 cm³/mol. The van der Waals surface area contributed by atoms with Crippen LogP contribution in [0, 0.1) is 5.82 Å². The highest BCUT2D eigenvalue weighted by molar-refractivity contribution is 7.98. The maximum absolute atomic E-state index is 13.7. The first kappa shape index (κ1) is 17.2. The normalized spacial score (nSPS) is 10.7. The van der Waals surface area contributed by atoms with Crippen molar-refractivity contribution in [2.75, 3.05) is 17.8 Å². The molecule has 0 fully saturated rings. The average Bonchev–Trinajstić information content (AvgIpc) is 3.14. The van der Waals surface area contributed by atoms with E-state index in [9.17, 15) is 4.39 Å². The molecular weight excluding hydrogens is 343 g/mol. The molecule has 0 saturated carbocycles. The molecule has 0 atom stereocenters. The van der Waals surface area contributed by atoms with Gasteiger partial charge in [0.2, 0.25) is 0 Å². The highest BCUT2D eigenvalue weighted by Gasteiger charge is 2.19. The number of aromatic amines is 1. The molecule has 1 aromatic carbocycles. The minimum atomic E-state index is -0.360. The summed E-state index contributed by atoms with van der Waals surface area (Å²) in [5, 5.41) is 11.2. The van der Waals surface area contributed by atoms with Crippen molar-refractivity contribution in [2.45, 2.75) is 18.6 Å². The van der Waals surface area contributed by atoms with Crippen LogP contribution in [0.2, 0.25) is 0 Å². The number of aromatic nitrogens is 5. The number of H-pyrrole nitrogens is 1. The standard InChI is InChI=1S/C16H17FN6OS/c1-3-24-14-8-11(17)4-5-13(14)23(10-12-9-19-22-21-12)15-6-7-18-16(20-15)25-2/h4-9H,3,10H2,1-2H3,(H,19,21,22). The number of anilines is 2. The van der Waals surface area contributed by atoms with Gasteiger partial charge in [0.1, 0.15) is 23.1 Å². The minimum Gasteiger partial charge on any atom is -0.492 e. The Morgan fingerprint density at radius 2 is 2.20 bits per heavy atom. The average molecular weight is 360 g/mol. The van der Waals surface area contributed by atoms with E-state index < -0.39 is 0 Å². The van der Waals surface area contributed by atoms with Gasteiger partial charge in [-0.1, -0.05) is 11.8 Å². The van der Waals surface area contributed by atoms with Gasteiger partial charge in [-0.05, 0) is 31.4 Å². The van der Waals surface area contributed by atoms with E-state index in [0.717, 1.165) is 5.69 Å². The molecule has 25 heavy (non-hydrogen) atoms. The van der Waals surface area contributed by atoms with E-state index in [4.69, 9.17) is 4.74 Å². The van der Waals surface area contributed by atoms with Crippen LogP contribution in [0.1, 0.15) is 12.6 Å². The molecule has 0 amide bonds. The highest BCUT2D eigenvalue weighted by atomic mass is 32.2. The van der Waals surface area contributed by atoms with Crippen molar-refractivity contribution in [3.63, 3.8) is 0 Å². The van der Waals surface area contributed by atoms with E-state index >= 15 is 0 Å². The SMILES string of the molecule is CCOc1cc(F)ccc1N(Cc1cn[nH]n1)c1ccnc(SC)n1. The summed E-state index contributed by atoms with van der Waals surface area (Å²) < 4.78 is 19.3. The Labute approximate surface area is 148 Å². The van der Waals surface area contributed by atoms with Crippen LogP contribution in [-0.4, -0.2) is 38.2 Å². The van der Waals surface area contributed by atoms with Crippen molar-refractivity contribution in [2.24, 2.45) is 0 Å². The van der Waals surface area contributed by atoms with Crippen LogP contribution in [0.3, 0.4) is 0 Å². The summed E-state index contributed by atoms with van der Waals surface area (Å²) in [5.74, 6) is 0.742. The van der Waals surface area contributed by atoms with Crippen LogP contribution in [0.5, 0.6) is 5.75 Å². The fourth-order valence-corrected chi connectivity index (χ4v) is 2.67. The molecule has 0 aliphatic heterocycles. The molecule has 7 nitrogen and oxygen atoms in total. The van der Waals surface area contributed by atoms with Crippen molar-refractivity contribution in [1.82, 2.24) is 25.4 Å². The van der Waals surface area contributed by atoms with Crippen molar-refractivity contribution >= 4 is 23.3 Å². The highest BCUT2D eigenvalue weighted by Crippen LogP contribution is 2.35. The molecule has 2 aromatic heterocycles. The third-order valence-electron chi connectivity index (χ3n) is 3.38. The lowest BCUT2D eigenvalue weighted by Crippen LogP contribution is -2.19. The summed E-state index contributed by atoms with van der Waals surface area (Å²) in [6.07, 6.45) is 5.23. The molecule has 0 aliphatic carbocycles. The van der Waals surface area contributed by atoms with E-state index in [1.165, 1.54) is 23.9 Å². The first-order chi connectivity index (χ1) is 12.2. The molecule has 0 spiro atoms. The number of thioether (sulfide) groups is 1. The van der Waals surface area contributed by atoms with Gasteiger partial charge in [-0.25, -0.2) is 14.4 Å². The smallest absolute Gasteiger partial charge is 0.189 e. The van der Waals surface area contributed by atoms with Gasteiger partial charge < -0.3 is 9.64 Å². The lowest BCUT2D eigenvalue weighted by atomic mass is 10.2. The van der Waals surface area contributed by atoms with Crippen molar-refractivity contribution in [3.05, 3.63) is 48.2 Å². The maximum Gasteiger partial charge on any atom is 0.189 e. The summed E-state index contributed by atoms with van der Waals surface area (Å²) in [5.41, 5.74) is 1.41. The third-order valence-corrected chi connectivity index (χ3v) is 3.94. The Kier molecular flexibility index (Phi) is 5.44. The van der Waals surface area contributed by atoms with Crippen molar-refractivity contribution < 1.29 is 9.13 Å². The van der Waals surface area contributed by atoms with Crippen LogP contribution >= 0.6 is 11.8 Å². The Morgan fingerprint density at radius 3 is 2.92 bits per heavy atom. The lowest BCUT2D eigenvalue weighted by Gasteiger charge is -2.25. The molecule has 0 radical (unpaired) electrons. The van der Waals surface area contributed by atoms with Crippen molar-refractivity contribution in [3.8, 4) is 5.75 Å². The van der Waals surface area contributed by atoms with Gasteiger partial charge in [0.05, 0.1) is 25.0 Å². The zero-order valence-corrected chi connectivity index (χ0v) is 14.6. The van der Waals surface area contributed by atoms with Gasteiger partial charge in [-0.3, -0.25) is 0 Å². The Morgan fingerprint density at radius 1 is 1.32 bits per heavy atom. The van der Waals surface area contributed by atoms with E-state index in [-0.39, 0.29) is 5.82 Å². The quantitative estimate of drug-likeness (QED) is 0.512. The number of nitrogens with zero attached hydrogens (tertiary/aromatic N) is 5. The molecule has 1 N–H and O–H groups in total. The molecule has 0 saturated heterocycles. The Balaban J connectivity index is 2.07. The summed E-state index contributed by atoms with van der Waals surface area (Å²) in [6.45, 7) is 2.67. The summed E-state index contributed by atoms with van der Waals surface area (Å²) >= 11 is 1.45. The Hall–Kier alpha value is -2.68. The van der Waals surface area contributed by atoms with Crippen LogP contribution in [0.15, 0.2) is 41.8 Å². The Bertz CT molecular complexity index is 829. The molecule has 0 bridgehead atoms. The van der Waals surface area contributed by atoms with Gasteiger partial charge in [0.25, 0.3) is 0 Å². The second kappa shape index (κ2) is 7.93. The molecule has 3 rings (SSSR count). The molecule has 9 heteroatoms. The predicted octanol–water partition coefficient (Wildman–Crippen LogP) is 3.19. The zero-order valence-electron chi connectivity index (χ0n) is 13.8. The van der Waals surface area contributed by atoms with E-state index in [1.54, 1.807) is 24.5 Å². The number of rotatable bonds is 7. The zero-order chi connectivity index (χ0) is 17.6. The number of hydrogen-bond donors (Lipinski definition) is 1. The van der Waals surface area contributed by atoms with Crippen LogP contribution in [-0.2, 0) is 6.54 Å². The number of hydrogen-bond acceptors (Lipinski definition) is 7. The summed E-state index contributed by atoms with van der Waals surface area (Å²) in [6, 6.07) is 6.22. The third kappa shape index (κ3) is 4.05. The first-order valence-electron chi connectivity index (χ1n) is 7.63. The van der Waals surface area contributed by atoms with Crippen LogP contribution < -0.4 is 9.64 Å². The van der Waals surface area contributed by atoms with Crippen LogP contribution in [0.25, 0.3) is 0 Å². The number of halogens is 1. The fourth-order valence-electron chi connectivity index (χ4n) is 2.32. The second-order valence-electron chi connectivity index (χ2n) is 4.99. The minimum absolute atomic E-state index is 0.360. The van der Waals surface area contributed by atoms with Gasteiger partial charge >= 0.3 is 0 Å². The largest absolute Gasteiger partial charge is 0.492 e. The molecule has 130 valence electrons. The lowest BCUT2D eigenvalue weighted by molar-refractivity contribution is 0.339. The molecular formula is C16H17FN6OS. The summed E-state index contributed by atoms with van der Waals surface area (Å²) in [7, 11) is 0. The van der Waals surface area contributed by atoms with Gasteiger partial charge in [-0.15, -0.1) is 0 Å². The van der Waals surface area contributed by atoms with Crippen LogP contribution in [0.4, 0.5) is 15.9 Å². The summed E-state index contributed by atoms with van der Waals surface area (Å²) in [4.78, 5) is 10.6. The maximum atomic E-state index is 13.7. The van der Waals surface area contributed by atoms with E-state index in [0.29, 0.717) is 35.6 Å². The molecule has 0 aliphatic rings. The molecule has 0 unspecified atom stereocenters. The van der Waals surface area contributed by atoms with Gasteiger partial charge in [-0.2, -0.15) is 15.4 Å². The number of nitrogens with one attached hydrogen (secondary N) is 1. The topological polar surface area (TPSA) is 79.8 Å². The monoisotopic (exact) mass is 360 g/mol. The van der Waals surface area contributed by atoms with E-state index in [1.807, 2.05) is 18.1 Å². The van der Waals surface area contributed by atoms with E-state index in [2.05, 4.69) is 25.4 Å². The second-order valence-corrected chi connectivity index (χ2v) is 5.77.